The summed E-state index contributed by atoms with van der Waals surface area (Å²) in [6.45, 7) is 5.98. The van der Waals surface area contributed by atoms with Crippen LogP contribution >= 0.6 is 22.6 Å². The Bertz CT molecular complexity index is 132. The average molecular weight is 284 g/mol. The molecule has 0 saturated carbocycles. The molecule has 0 aliphatic rings. The van der Waals surface area contributed by atoms with Gasteiger partial charge in [-0.2, -0.15) is 0 Å². The fourth-order valence-corrected chi connectivity index (χ4v) is 2.03. The largest absolute Gasteiger partial charge is 0.356 e. The summed E-state index contributed by atoms with van der Waals surface area (Å²) in [5.74, 6) is 0.496. The van der Waals surface area contributed by atoms with E-state index in [4.69, 9.17) is 9.47 Å². The molecule has 0 radical (unpaired) electrons. The smallest absolute Gasteiger partial charge is 0.157 e. The Morgan fingerprint density at radius 1 is 1.42 bits per heavy atom. The van der Waals surface area contributed by atoms with Crippen molar-refractivity contribution in [2.45, 2.75) is 19.6 Å². The number of alkyl halides is 1. The molecule has 0 aliphatic carbocycles. The molecule has 0 heterocycles. The molecule has 0 bridgehead atoms. The van der Waals surface area contributed by atoms with Crippen LogP contribution in [0.25, 0.3) is 0 Å². The van der Waals surface area contributed by atoms with Crippen molar-refractivity contribution in [3.63, 3.8) is 0 Å². The number of rotatable bonds is 6. The first-order chi connectivity index (χ1) is 5.65. The second-order valence-corrected chi connectivity index (χ2v) is 3.72. The maximum absolute atomic E-state index is 5.12. The van der Waals surface area contributed by atoms with Gasteiger partial charge in [-0.3, -0.25) is 0 Å². The highest BCUT2D eigenvalue weighted by Crippen LogP contribution is 2.19. The molecular formula is C9H17IO2. The molecule has 0 aromatic rings. The summed E-state index contributed by atoms with van der Waals surface area (Å²) in [6.07, 6.45) is 0.798. The first kappa shape index (κ1) is 12.4. The third-order valence-electron chi connectivity index (χ3n) is 1.89. The summed E-state index contributed by atoms with van der Waals surface area (Å²) in [4.78, 5) is 0. The molecule has 2 nitrogen and oxygen atoms in total. The molecule has 72 valence electrons. The van der Waals surface area contributed by atoms with Gasteiger partial charge >= 0.3 is 0 Å². The number of allylic oxidation sites excluding steroid dienone is 1. The van der Waals surface area contributed by atoms with E-state index in [9.17, 15) is 0 Å². The third-order valence-corrected chi connectivity index (χ3v) is 2.95. The van der Waals surface area contributed by atoms with Crippen molar-refractivity contribution in [1.82, 2.24) is 0 Å². The second kappa shape index (κ2) is 6.86. The molecule has 0 rings (SSSR count). The van der Waals surface area contributed by atoms with E-state index in [2.05, 4.69) is 29.2 Å². The number of hydrogen-bond acceptors (Lipinski definition) is 2. The van der Waals surface area contributed by atoms with E-state index in [0.717, 1.165) is 10.8 Å². The Morgan fingerprint density at radius 2 is 1.92 bits per heavy atom. The van der Waals surface area contributed by atoms with Crippen molar-refractivity contribution in [3.8, 4) is 0 Å². The van der Waals surface area contributed by atoms with Crippen LogP contribution in [0, 0.1) is 5.92 Å². The molecule has 0 amide bonds. The average Bonchev–Trinajstić information content (AvgIpc) is 2.06. The standard InChI is InChI=1S/C9H17IO2/c1-7(2)8(6-10)5-9(11-3)12-4/h8-9H,1,5-6H2,2-4H3/t8-/m0/s1. The fourth-order valence-electron chi connectivity index (χ4n) is 0.917. The molecular weight excluding hydrogens is 267 g/mol. The molecule has 3 heteroatoms. The molecule has 0 aliphatic heterocycles. The topological polar surface area (TPSA) is 18.5 Å². The van der Waals surface area contributed by atoms with Crippen molar-refractivity contribution in [3.05, 3.63) is 12.2 Å². The molecule has 0 fully saturated rings. The number of ether oxygens (including phenoxy) is 2. The lowest BCUT2D eigenvalue weighted by molar-refractivity contribution is -0.110. The lowest BCUT2D eigenvalue weighted by atomic mass is 10.0. The Labute approximate surface area is 88.5 Å². The van der Waals surface area contributed by atoms with Crippen molar-refractivity contribution in [2.75, 3.05) is 18.6 Å². The Balaban J connectivity index is 3.91. The molecule has 0 N–H and O–H groups in total. The zero-order valence-electron chi connectivity index (χ0n) is 7.97. The van der Waals surface area contributed by atoms with E-state index < -0.39 is 0 Å². The number of halogens is 1. The Hall–Kier alpha value is 0.390. The van der Waals surface area contributed by atoms with Gasteiger partial charge in [0.05, 0.1) is 0 Å². The first-order valence-electron chi connectivity index (χ1n) is 3.92. The van der Waals surface area contributed by atoms with Gasteiger partial charge in [0.1, 0.15) is 0 Å². The fraction of sp³-hybridized carbons (Fsp3) is 0.778. The van der Waals surface area contributed by atoms with Crippen molar-refractivity contribution >= 4 is 22.6 Å². The maximum Gasteiger partial charge on any atom is 0.157 e. The summed E-state index contributed by atoms with van der Waals surface area (Å²) in [5, 5.41) is 0. The third kappa shape index (κ3) is 4.42. The number of hydrogen-bond donors (Lipinski definition) is 0. The van der Waals surface area contributed by atoms with Gasteiger partial charge < -0.3 is 9.47 Å². The summed E-state index contributed by atoms with van der Waals surface area (Å²) in [5.41, 5.74) is 1.20. The SMILES string of the molecule is C=C(C)[C@H](CI)CC(OC)OC. The molecule has 0 spiro atoms. The van der Waals surface area contributed by atoms with Crippen LogP contribution in [0.2, 0.25) is 0 Å². The minimum Gasteiger partial charge on any atom is -0.356 e. The lowest BCUT2D eigenvalue weighted by Gasteiger charge is -2.19. The van der Waals surface area contributed by atoms with Crippen LogP contribution in [0.1, 0.15) is 13.3 Å². The highest BCUT2D eigenvalue weighted by Gasteiger charge is 2.14. The Kier molecular flexibility index (Phi) is 7.08. The zero-order chi connectivity index (χ0) is 9.56. The number of methoxy groups -OCH3 is 2. The monoisotopic (exact) mass is 284 g/mol. The van der Waals surface area contributed by atoms with Crippen LogP contribution in [0.15, 0.2) is 12.2 Å². The van der Waals surface area contributed by atoms with Crippen LogP contribution in [-0.2, 0) is 9.47 Å². The summed E-state index contributed by atoms with van der Waals surface area (Å²) >= 11 is 2.36. The quantitative estimate of drug-likeness (QED) is 0.323. The molecule has 12 heavy (non-hydrogen) atoms. The highest BCUT2D eigenvalue weighted by atomic mass is 127. The predicted octanol–water partition coefficient (Wildman–Crippen LogP) is 2.62. The normalized spacial score (nSPS) is 13.4. The predicted molar refractivity (Wildman–Crippen MR) is 59.6 cm³/mol. The minimum atomic E-state index is -0.0959. The van der Waals surface area contributed by atoms with Gasteiger partial charge in [-0.15, -0.1) is 0 Å². The zero-order valence-corrected chi connectivity index (χ0v) is 10.1. The van der Waals surface area contributed by atoms with Crippen LogP contribution in [0.3, 0.4) is 0 Å². The molecule has 0 aromatic carbocycles. The van der Waals surface area contributed by atoms with Gasteiger partial charge in [-0.1, -0.05) is 34.7 Å². The van der Waals surface area contributed by atoms with Crippen molar-refractivity contribution in [1.29, 1.82) is 0 Å². The maximum atomic E-state index is 5.12. The molecule has 0 aromatic heterocycles. The van der Waals surface area contributed by atoms with Gasteiger partial charge in [0.15, 0.2) is 6.29 Å². The van der Waals surface area contributed by atoms with Gasteiger partial charge in [0.2, 0.25) is 0 Å². The van der Waals surface area contributed by atoms with Crippen molar-refractivity contribution in [2.24, 2.45) is 5.92 Å². The molecule has 0 saturated heterocycles. The van der Waals surface area contributed by atoms with E-state index in [1.165, 1.54) is 5.57 Å². The van der Waals surface area contributed by atoms with E-state index in [1.54, 1.807) is 14.2 Å². The van der Waals surface area contributed by atoms with Crippen LogP contribution < -0.4 is 0 Å². The van der Waals surface area contributed by atoms with Crippen LogP contribution in [0.5, 0.6) is 0 Å². The first-order valence-corrected chi connectivity index (χ1v) is 5.45. The van der Waals surface area contributed by atoms with E-state index in [0.29, 0.717) is 5.92 Å². The van der Waals surface area contributed by atoms with E-state index in [1.807, 2.05) is 6.92 Å². The van der Waals surface area contributed by atoms with Gasteiger partial charge in [-0.25, -0.2) is 0 Å². The Morgan fingerprint density at radius 3 is 2.17 bits per heavy atom. The van der Waals surface area contributed by atoms with Crippen LogP contribution in [-0.4, -0.2) is 24.9 Å². The summed E-state index contributed by atoms with van der Waals surface area (Å²) in [6, 6.07) is 0. The lowest BCUT2D eigenvalue weighted by Crippen LogP contribution is -2.19. The second-order valence-electron chi connectivity index (χ2n) is 2.83. The van der Waals surface area contributed by atoms with E-state index >= 15 is 0 Å². The van der Waals surface area contributed by atoms with Crippen LogP contribution in [0.4, 0.5) is 0 Å². The van der Waals surface area contributed by atoms with Crippen molar-refractivity contribution < 1.29 is 9.47 Å². The summed E-state index contributed by atoms with van der Waals surface area (Å²) in [7, 11) is 3.33. The highest BCUT2D eigenvalue weighted by molar-refractivity contribution is 14.1. The molecule has 1 atom stereocenters. The minimum absolute atomic E-state index is 0.0959. The van der Waals surface area contributed by atoms with E-state index in [-0.39, 0.29) is 6.29 Å². The van der Waals surface area contributed by atoms with Gasteiger partial charge in [-0.05, 0) is 12.8 Å². The van der Waals surface area contributed by atoms with Gasteiger partial charge in [0.25, 0.3) is 0 Å². The molecule has 0 unspecified atom stereocenters. The van der Waals surface area contributed by atoms with Gasteiger partial charge in [0, 0.05) is 25.1 Å². The summed E-state index contributed by atoms with van der Waals surface area (Å²) < 4.78 is 11.3.